The number of carbonyl (C=O) groups is 1. The summed E-state index contributed by atoms with van der Waals surface area (Å²) in [5, 5.41) is 3.06. The predicted molar refractivity (Wildman–Crippen MR) is 140 cm³/mol. The molecule has 0 unspecified atom stereocenters. The quantitative estimate of drug-likeness (QED) is 0.563. The smallest absolute Gasteiger partial charge is 0.228 e. The highest BCUT2D eigenvalue weighted by Crippen LogP contribution is 2.38. The van der Waals surface area contributed by atoms with Crippen molar-refractivity contribution >= 4 is 17.2 Å². The van der Waals surface area contributed by atoms with Gasteiger partial charge in [-0.3, -0.25) is 9.69 Å². The fourth-order valence-corrected chi connectivity index (χ4v) is 6.16. The number of aromatic nitrogens is 1. The zero-order valence-corrected chi connectivity index (χ0v) is 21.9. The number of thiazole rings is 1. The number of likely N-dealkylation sites (tertiary alicyclic amines) is 1. The van der Waals surface area contributed by atoms with Crippen LogP contribution in [0.4, 0.5) is 0 Å². The second-order valence-electron chi connectivity index (χ2n) is 10.2. The fourth-order valence-electron chi connectivity index (χ4n) is 5.55. The van der Waals surface area contributed by atoms with Crippen molar-refractivity contribution in [3.63, 3.8) is 0 Å². The van der Waals surface area contributed by atoms with Crippen LogP contribution in [0, 0.1) is 12.3 Å². The second kappa shape index (κ2) is 12.2. The maximum Gasteiger partial charge on any atom is 0.228 e. The Morgan fingerprint density at radius 3 is 2.74 bits per heavy atom. The third kappa shape index (κ3) is 6.82. The maximum atomic E-state index is 12.9. The van der Waals surface area contributed by atoms with Crippen LogP contribution in [-0.4, -0.2) is 60.0 Å². The summed E-state index contributed by atoms with van der Waals surface area (Å²) >= 11 is 1.63. The van der Waals surface area contributed by atoms with Gasteiger partial charge in [-0.15, -0.1) is 11.3 Å². The Bertz CT molecular complexity index is 920. The Kier molecular flexibility index (Phi) is 9.01. The molecule has 6 heteroatoms. The number of piperidine rings is 1. The molecule has 1 saturated heterocycles. The monoisotopic (exact) mass is 483 g/mol. The van der Waals surface area contributed by atoms with Crippen molar-refractivity contribution in [1.29, 1.82) is 0 Å². The Labute approximate surface area is 209 Å². The number of rotatable bonds is 5. The first-order valence-corrected chi connectivity index (χ1v) is 14.1. The fraction of sp³-hybridized carbons (Fsp3) is 0.643. The largest absolute Gasteiger partial charge is 0.492 e. The number of amides is 1. The molecule has 3 heterocycles. The number of unbranched alkanes of at least 4 members (excludes halogenated alkanes) is 1. The molecule has 1 fully saturated rings. The summed E-state index contributed by atoms with van der Waals surface area (Å²) in [7, 11) is 0. The van der Waals surface area contributed by atoms with Crippen LogP contribution in [0.25, 0.3) is 0 Å². The lowest BCUT2D eigenvalue weighted by Gasteiger charge is -2.45. The van der Waals surface area contributed by atoms with E-state index in [1.165, 1.54) is 37.7 Å². The molecule has 1 amide bonds. The number of fused-ring (bicyclic) bond motifs is 1. The molecule has 0 radical (unpaired) electrons. The molecule has 2 aromatic rings. The Balaban J connectivity index is 1.41. The molecule has 2 aliphatic heterocycles. The molecule has 2 aliphatic rings. The van der Waals surface area contributed by atoms with E-state index in [4.69, 9.17) is 4.74 Å². The van der Waals surface area contributed by atoms with Crippen LogP contribution in [-0.2, 0) is 17.6 Å². The minimum Gasteiger partial charge on any atom is -0.492 e. The molecule has 0 aliphatic carbocycles. The number of ether oxygens (including phenoxy) is 1. The van der Waals surface area contributed by atoms with Gasteiger partial charge in [-0.25, -0.2) is 4.98 Å². The molecule has 1 spiro atoms. The number of hydrogen-bond donors (Lipinski definition) is 0. The summed E-state index contributed by atoms with van der Waals surface area (Å²) in [6, 6.07) is 8.56. The Morgan fingerprint density at radius 1 is 1.15 bits per heavy atom. The van der Waals surface area contributed by atoms with Crippen molar-refractivity contribution in [2.24, 2.45) is 5.41 Å². The van der Waals surface area contributed by atoms with Crippen LogP contribution < -0.4 is 4.74 Å². The lowest BCUT2D eigenvalue weighted by Crippen LogP contribution is -2.49. The van der Waals surface area contributed by atoms with Crippen molar-refractivity contribution < 1.29 is 9.53 Å². The number of benzene rings is 1. The average molecular weight is 484 g/mol. The highest BCUT2D eigenvalue weighted by Gasteiger charge is 2.37. The first kappa shape index (κ1) is 25.2. The molecule has 0 N–H and O–H groups in total. The molecular weight excluding hydrogens is 442 g/mol. The van der Waals surface area contributed by atoms with Gasteiger partial charge in [0.1, 0.15) is 12.4 Å². The van der Waals surface area contributed by atoms with E-state index in [-0.39, 0.29) is 5.91 Å². The lowest BCUT2D eigenvalue weighted by molar-refractivity contribution is -0.133. The number of para-hydroxylation sites is 1. The van der Waals surface area contributed by atoms with Gasteiger partial charge in [-0.1, -0.05) is 38.0 Å². The Hall–Kier alpha value is -1.92. The normalized spacial score (nSPS) is 19.6. The number of carbonyl (C=O) groups excluding carboxylic acids is 1. The summed E-state index contributed by atoms with van der Waals surface area (Å²) in [5.41, 5.74) is 2.57. The number of nitrogens with zero attached hydrogens (tertiary/aromatic N) is 3. The maximum absolute atomic E-state index is 12.9. The molecule has 1 aromatic heterocycles. The van der Waals surface area contributed by atoms with Gasteiger partial charge in [0, 0.05) is 31.6 Å². The molecule has 0 bridgehead atoms. The standard InChI is InChI=1S/C28H41N3O2S/c1-3-4-15-30-18-19-33-26-11-6-5-9-24(26)10-7-8-12-28(22-30)13-16-31(17-14-28)27(32)20-25-21-34-23(2)29-25/h5-6,9,11,21H,3-4,7-8,10,12-20,22H2,1-2H3. The van der Waals surface area contributed by atoms with Gasteiger partial charge in [-0.05, 0) is 69.0 Å². The van der Waals surface area contributed by atoms with E-state index in [0.717, 1.165) is 75.0 Å². The van der Waals surface area contributed by atoms with Gasteiger partial charge in [0.05, 0.1) is 17.1 Å². The van der Waals surface area contributed by atoms with Gasteiger partial charge in [-0.2, -0.15) is 0 Å². The molecule has 0 atom stereocenters. The minimum atomic E-state index is 0.237. The van der Waals surface area contributed by atoms with Gasteiger partial charge in [0.2, 0.25) is 5.91 Å². The first-order valence-electron chi connectivity index (χ1n) is 13.2. The zero-order chi connectivity index (χ0) is 23.8. The van der Waals surface area contributed by atoms with E-state index in [2.05, 4.69) is 46.0 Å². The number of hydrogen-bond acceptors (Lipinski definition) is 5. The van der Waals surface area contributed by atoms with Gasteiger partial charge in [0.15, 0.2) is 0 Å². The summed E-state index contributed by atoms with van der Waals surface area (Å²) < 4.78 is 6.25. The van der Waals surface area contributed by atoms with Crippen LogP contribution in [0.2, 0.25) is 0 Å². The van der Waals surface area contributed by atoms with Crippen LogP contribution in [0.1, 0.15) is 68.1 Å². The average Bonchev–Trinajstić information content (AvgIpc) is 3.25. The zero-order valence-electron chi connectivity index (χ0n) is 21.1. The van der Waals surface area contributed by atoms with Gasteiger partial charge in [0.25, 0.3) is 0 Å². The van der Waals surface area contributed by atoms with Crippen LogP contribution in [0.15, 0.2) is 29.6 Å². The highest BCUT2D eigenvalue weighted by molar-refractivity contribution is 7.09. The second-order valence-corrected chi connectivity index (χ2v) is 11.3. The van der Waals surface area contributed by atoms with Crippen molar-refractivity contribution in [2.75, 3.05) is 39.3 Å². The van der Waals surface area contributed by atoms with E-state index in [0.29, 0.717) is 11.8 Å². The van der Waals surface area contributed by atoms with Crippen LogP contribution in [0.5, 0.6) is 5.75 Å². The predicted octanol–water partition coefficient (Wildman–Crippen LogP) is 5.51. The Morgan fingerprint density at radius 2 is 1.97 bits per heavy atom. The molecule has 186 valence electrons. The van der Waals surface area contributed by atoms with Crippen molar-refractivity contribution in [2.45, 2.75) is 71.6 Å². The van der Waals surface area contributed by atoms with Gasteiger partial charge < -0.3 is 9.64 Å². The van der Waals surface area contributed by atoms with E-state index >= 15 is 0 Å². The molecular formula is C28H41N3O2S. The lowest BCUT2D eigenvalue weighted by atomic mass is 9.73. The third-order valence-corrected chi connectivity index (χ3v) is 8.43. The summed E-state index contributed by atoms with van der Waals surface area (Å²) in [5.74, 6) is 1.30. The van der Waals surface area contributed by atoms with E-state index in [1.807, 2.05) is 12.3 Å². The van der Waals surface area contributed by atoms with Crippen LogP contribution in [0.3, 0.4) is 0 Å². The van der Waals surface area contributed by atoms with Gasteiger partial charge >= 0.3 is 0 Å². The molecule has 4 rings (SSSR count). The van der Waals surface area contributed by atoms with Crippen molar-refractivity contribution in [3.8, 4) is 5.75 Å². The molecule has 0 saturated carbocycles. The summed E-state index contributed by atoms with van der Waals surface area (Å²) in [6.45, 7) is 10.0. The number of aryl methyl sites for hydroxylation is 2. The van der Waals surface area contributed by atoms with E-state index < -0.39 is 0 Å². The van der Waals surface area contributed by atoms with E-state index in [1.54, 1.807) is 11.3 Å². The minimum absolute atomic E-state index is 0.237. The topological polar surface area (TPSA) is 45.7 Å². The highest BCUT2D eigenvalue weighted by atomic mass is 32.1. The molecule has 1 aromatic carbocycles. The van der Waals surface area contributed by atoms with Crippen LogP contribution >= 0.6 is 11.3 Å². The summed E-state index contributed by atoms with van der Waals surface area (Å²) in [4.78, 5) is 22.2. The van der Waals surface area contributed by atoms with Crippen molar-refractivity contribution in [3.05, 3.63) is 45.9 Å². The first-order chi connectivity index (χ1) is 16.6. The van der Waals surface area contributed by atoms with E-state index in [9.17, 15) is 4.79 Å². The third-order valence-electron chi connectivity index (χ3n) is 7.60. The molecule has 5 nitrogen and oxygen atoms in total. The van der Waals surface area contributed by atoms with Crippen molar-refractivity contribution in [1.82, 2.24) is 14.8 Å². The molecule has 34 heavy (non-hydrogen) atoms. The summed E-state index contributed by atoms with van der Waals surface area (Å²) in [6.07, 6.45) is 9.87. The SMILES string of the molecule is CCCCN1CCOc2ccccc2CCCCC2(CCN(C(=O)Cc3csc(C)n3)CC2)C1.